The van der Waals surface area contributed by atoms with Gasteiger partial charge in [0.25, 0.3) is 5.91 Å². The second kappa shape index (κ2) is 7.59. The molecule has 0 saturated carbocycles. The van der Waals surface area contributed by atoms with Crippen LogP contribution in [0.5, 0.6) is 11.5 Å². The molecule has 2 aliphatic rings. The van der Waals surface area contributed by atoms with Gasteiger partial charge in [0.2, 0.25) is 0 Å². The summed E-state index contributed by atoms with van der Waals surface area (Å²) in [5.74, 6) is 0.729. The minimum Gasteiger partial charge on any atom is -0.454 e. The Morgan fingerprint density at radius 2 is 1.89 bits per heavy atom. The Morgan fingerprint density at radius 1 is 1.15 bits per heavy atom. The third-order valence-electron chi connectivity index (χ3n) is 5.23. The number of piperidine rings is 1. The predicted molar refractivity (Wildman–Crippen MR) is 103 cm³/mol. The number of nitrogens with zero attached hydrogens (tertiary/aromatic N) is 1. The molecule has 2 N–H and O–H groups in total. The molecule has 4 rings (SSSR count). The largest absolute Gasteiger partial charge is 0.454 e. The van der Waals surface area contributed by atoms with Gasteiger partial charge in [0.15, 0.2) is 0 Å². The summed E-state index contributed by atoms with van der Waals surface area (Å²) in [4.78, 5) is 12.6. The Balaban J connectivity index is 1.45. The second-order valence-corrected chi connectivity index (χ2v) is 7.54. The molecule has 5 nitrogen and oxygen atoms in total. The van der Waals surface area contributed by atoms with Crippen molar-refractivity contribution in [2.45, 2.75) is 43.8 Å². The molecule has 2 saturated heterocycles. The molecule has 138 valence electrons. The first kappa shape index (κ1) is 17.8. The number of carbonyl (C=O) groups excluding carboxylic acids is 1. The molecule has 0 radical (unpaired) electrons. The molecule has 0 aromatic heterocycles. The summed E-state index contributed by atoms with van der Waals surface area (Å²) in [5, 5.41) is 16.2. The van der Waals surface area contributed by atoms with E-state index >= 15 is 0 Å². The van der Waals surface area contributed by atoms with Crippen LogP contribution >= 0.6 is 11.6 Å². The van der Waals surface area contributed by atoms with E-state index in [1.807, 2.05) is 0 Å². The van der Waals surface area contributed by atoms with E-state index in [1.165, 1.54) is 12.8 Å². The van der Waals surface area contributed by atoms with Crippen molar-refractivity contribution in [3.05, 3.63) is 58.6 Å². The van der Waals surface area contributed by atoms with Gasteiger partial charge < -0.3 is 15.4 Å². The smallest absolute Gasteiger partial charge is 0.251 e. The molecular weight excluding hydrogens is 362 g/mol. The van der Waals surface area contributed by atoms with Gasteiger partial charge in [-0.2, -0.15) is 5.26 Å². The van der Waals surface area contributed by atoms with Gasteiger partial charge in [0.05, 0.1) is 10.6 Å². The number of hydrogen-bond donors (Lipinski definition) is 2. The first-order valence-electron chi connectivity index (χ1n) is 9.16. The molecule has 2 bridgehead atoms. The maximum atomic E-state index is 12.6. The molecule has 6 heteroatoms. The summed E-state index contributed by atoms with van der Waals surface area (Å²) in [6.07, 6.45) is 4.34. The highest BCUT2D eigenvalue weighted by Crippen LogP contribution is 2.32. The number of amides is 1. The van der Waals surface area contributed by atoms with Crippen LogP contribution in [0, 0.1) is 11.3 Å². The zero-order valence-corrected chi connectivity index (χ0v) is 15.5. The number of para-hydroxylation sites is 1. The first-order valence-corrected chi connectivity index (χ1v) is 9.53. The van der Waals surface area contributed by atoms with Crippen molar-refractivity contribution < 1.29 is 9.53 Å². The minimum atomic E-state index is -0.118. The lowest BCUT2D eigenvalue weighted by atomic mass is 9.99. The summed E-state index contributed by atoms with van der Waals surface area (Å²) < 4.78 is 5.76. The van der Waals surface area contributed by atoms with Crippen LogP contribution in [0.2, 0.25) is 5.02 Å². The van der Waals surface area contributed by atoms with E-state index in [0.29, 0.717) is 39.7 Å². The molecule has 2 heterocycles. The van der Waals surface area contributed by atoms with Crippen molar-refractivity contribution in [3.63, 3.8) is 0 Å². The van der Waals surface area contributed by atoms with Crippen LogP contribution in [0.15, 0.2) is 42.5 Å². The van der Waals surface area contributed by atoms with Gasteiger partial charge in [-0.25, -0.2) is 0 Å². The Morgan fingerprint density at radius 3 is 2.59 bits per heavy atom. The molecule has 0 aliphatic carbocycles. The lowest BCUT2D eigenvalue weighted by molar-refractivity contribution is 0.0924. The van der Waals surface area contributed by atoms with Crippen LogP contribution in [0.25, 0.3) is 0 Å². The van der Waals surface area contributed by atoms with Crippen LogP contribution in [0.3, 0.4) is 0 Å². The number of fused-ring (bicyclic) bond motifs is 2. The van der Waals surface area contributed by atoms with E-state index in [1.54, 1.807) is 42.5 Å². The van der Waals surface area contributed by atoms with E-state index in [9.17, 15) is 4.79 Å². The number of hydrogen-bond acceptors (Lipinski definition) is 4. The van der Waals surface area contributed by atoms with E-state index in [-0.39, 0.29) is 11.9 Å². The number of halogens is 1. The van der Waals surface area contributed by atoms with Crippen LogP contribution in [0.4, 0.5) is 0 Å². The van der Waals surface area contributed by atoms with Gasteiger partial charge in [-0.1, -0.05) is 23.7 Å². The summed E-state index contributed by atoms with van der Waals surface area (Å²) in [6.45, 7) is 0. The maximum Gasteiger partial charge on any atom is 0.251 e. The number of carbonyl (C=O) groups is 1. The lowest BCUT2D eigenvalue weighted by Crippen LogP contribution is -2.48. The highest BCUT2D eigenvalue weighted by Gasteiger charge is 2.34. The summed E-state index contributed by atoms with van der Waals surface area (Å²) in [5.41, 5.74) is 0.933. The van der Waals surface area contributed by atoms with Crippen LogP contribution in [0.1, 0.15) is 41.6 Å². The van der Waals surface area contributed by atoms with Crippen molar-refractivity contribution in [1.82, 2.24) is 10.6 Å². The van der Waals surface area contributed by atoms with Gasteiger partial charge in [0, 0.05) is 23.7 Å². The maximum absolute atomic E-state index is 12.6. The molecule has 2 aromatic rings. The van der Waals surface area contributed by atoms with Gasteiger partial charge >= 0.3 is 0 Å². The van der Waals surface area contributed by atoms with Crippen LogP contribution in [-0.4, -0.2) is 24.0 Å². The SMILES string of the molecule is N#Cc1ccccc1Oc1ccc(C(=O)N[C@@H]2C[C@H]3CC[C@@H](C2)N3)cc1Cl. The van der Waals surface area contributed by atoms with Crippen molar-refractivity contribution in [1.29, 1.82) is 5.26 Å². The van der Waals surface area contributed by atoms with Crippen molar-refractivity contribution in [2.24, 2.45) is 0 Å². The van der Waals surface area contributed by atoms with Crippen LogP contribution in [-0.2, 0) is 0 Å². The average molecular weight is 382 g/mol. The van der Waals surface area contributed by atoms with Crippen molar-refractivity contribution in [3.8, 4) is 17.6 Å². The quantitative estimate of drug-likeness (QED) is 0.838. The Hall–Kier alpha value is -2.55. The molecule has 27 heavy (non-hydrogen) atoms. The Kier molecular flexibility index (Phi) is 5.02. The van der Waals surface area contributed by atoms with Gasteiger partial charge in [0.1, 0.15) is 17.6 Å². The number of nitriles is 1. The topological polar surface area (TPSA) is 74.1 Å². The van der Waals surface area contributed by atoms with Gasteiger partial charge in [-0.3, -0.25) is 4.79 Å². The average Bonchev–Trinajstić information content (AvgIpc) is 3.02. The molecule has 0 unspecified atom stereocenters. The molecule has 2 aromatic carbocycles. The monoisotopic (exact) mass is 381 g/mol. The normalized spacial score (nSPS) is 23.5. The van der Waals surface area contributed by atoms with Crippen molar-refractivity contribution in [2.75, 3.05) is 0 Å². The fourth-order valence-electron chi connectivity index (χ4n) is 3.94. The molecule has 1 amide bonds. The highest BCUT2D eigenvalue weighted by atomic mass is 35.5. The summed E-state index contributed by atoms with van der Waals surface area (Å²) >= 11 is 6.32. The summed E-state index contributed by atoms with van der Waals surface area (Å²) in [7, 11) is 0. The Labute approximate surface area is 163 Å². The number of ether oxygens (including phenoxy) is 1. The molecular formula is C21H20ClN3O2. The van der Waals surface area contributed by atoms with E-state index in [2.05, 4.69) is 16.7 Å². The van der Waals surface area contributed by atoms with Gasteiger partial charge in [-0.05, 0) is 56.0 Å². The van der Waals surface area contributed by atoms with Gasteiger partial charge in [-0.15, -0.1) is 0 Å². The number of rotatable bonds is 4. The van der Waals surface area contributed by atoms with E-state index < -0.39 is 0 Å². The fraction of sp³-hybridized carbons (Fsp3) is 0.333. The Bertz CT molecular complexity index is 897. The lowest BCUT2D eigenvalue weighted by Gasteiger charge is -2.29. The molecule has 2 aliphatic heterocycles. The number of benzene rings is 2. The van der Waals surface area contributed by atoms with Crippen molar-refractivity contribution >= 4 is 17.5 Å². The summed E-state index contributed by atoms with van der Waals surface area (Å²) in [6, 6.07) is 15.2. The highest BCUT2D eigenvalue weighted by molar-refractivity contribution is 6.32. The predicted octanol–water partition coefficient (Wildman–Crippen LogP) is 4.02. The fourth-order valence-corrected chi connectivity index (χ4v) is 4.15. The third kappa shape index (κ3) is 3.92. The zero-order chi connectivity index (χ0) is 18.8. The first-order chi connectivity index (χ1) is 13.1. The second-order valence-electron chi connectivity index (χ2n) is 7.13. The standard InChI is InChI=1S/C21H20ClN3O2/c22-18-9-13(21(26)25-17-10-15-6-7-16(11-17)24-15)5-8-20(18)27-19-4-2-1-3-14(19)12-23/h1-5,8-9,15-17,24H,6-7,10-11H2,(H,25,26)/t15-,16+,17-. The van der Waals surface area contributed by atoms with E-state index in [0.717, 1.165) is 12.8 Å². The molecule has 3 atom stereocenters. The molecule has 2 fully saturated rings. The number of nitrogens with one attached hydrogen (secondary N) is 2. The van der Waals surface area contributed by atoms with E-state index in [4.69, 9.17) is 21.6 Å². The minimum absolute atomic E-state index is 0.118. The zero-order valence-electron chi connectivity index (χ0n) is 14.7. The third-order valence-corrected chi connectivity index (χ3v) is 5.53. The molecule has 0 spiro atoms. The van der Waals surface area contributed by atoms with Crippen LogP contribution < -0.4 is 15.4 Å².